The second-order valence-electron chi connectivity index (χ2n) is 8.42. The Labute approximate surface area is 186 Å². The molecule has 6 nitrogen and oxygen atoms in total. The number of sulfone groups is 1. The minimum Gasteiger partial charge on any atom is -0.326 e. The zero-order chi connectivity index (χ0) is 21.4. The maximum Gasteiger partial charge on any atom is 0.227 e. The molecule has 1 atom stereocenters. The van der Waals surface area contributed by atoms with Gasteiger partial charge in [0.05, 0.1) is 21.7 Å². The molecule has 0 unspecified atom stereocenters. The minimum absolute atomic E-state index is 0.0413. The number of benzene rings is 2. The first kappa shape index (κ1) is 20.6. The van der Waals surface area contributed by atoms with E-state index in [0.717, 1.165) is 58.8 Å². The third-order valence-corrected chi connectivity index (χ3v) is 9.13. The molecular weight excluding hydrogens is 430 g/mol. The predicted octanol–water partition coefficient (Wildman–Crippen LogP) is 3.80. The molecule has 5 rings (SSSR count). The van der Waals surface area contributed by atoms with Crippen molar-refractivity contribution in [1.29, 1.82) is 0 Å². The molecule has 3 heterocycles. The van der Waals surface area contributed by atoms with E-state index in [-0.39, 0.29) is 23.6 Å². The number of nitrogens with zero attached hydrogens (tertiary/aromatic N) is 2. The van der Waals surface area contributed by atoms with E-state index >= 15 is 0 Å². The average molecular weight is 456 g/mol. The van der Waals surface area contributed by atoms with Crippen LogP contribution in [0.3, 0.4) is 0 Å². The second kappa shape index (κ2) is 8.33. The molecule has 0 saturated carbocycles. The molecule has 1 amide bonds. The molecule has 162 valence electrons. The number of likely N-dealkylation sites (tertiary alicyclic amines) is 1. The molecule has 3 aromatic rings. The third-order valence-electron chi connectivity index (χ3n) is 6.30. The second-order valence-corrected chi connectivity index (χ2v) is 11.7. The van der Waals surface area contributed by atoms with Crippen LogP contribution in [-0.4, -0.2) is 54.8 Å². The number of aromatic nitrogens is 1. The van der Waals surface area contributed by atoms with Crippen molar-refractivity contribution in [2.24, 2.45) is 5.92 Å². The van der Waals surface area contributed by atoms with Crippen LogP contribution >= 0.6 is 11.3 Å². The van der Waals surface area contributed by atoms with Gasteiger partial charge in [-0.2, -0.15) is 0 Å². The van der Waals surface area contributed by atoms with Crippen LogP contribution < -0.4 is 5.32 Å². The highest BCUT2D eigenvalue weighted by atomic mass is 32.2. The smallest absolute Gasteiger partial charge is 0.227 e. The number of anilines is 1. The van der Waals surface area contributed by atoms with Crippen molar-refractivity contribution in [2.45, 2.75) is 25.3 Å². The van der Waals surface area contributed by atoms with Crippen LogP contribution in [0.1, 0.15) is 19.3 Å². The Morgan fingerprint density at radius 2 is 1.87 bits per heavy atom. The average Bonchev–Trinajstić information content (AvgIpc) is 3.37. The van der Waals surface area contributed by atoms with E-state index in [9.17, 15) is 13.2 Å². The minimum atomic E-state index is -2.88. The summed E-state index contributed by atoms with van der Waals surface area (Å²) in [6.07, 6.45) is 2.25. The van der Waals surface area contributed by atoms with Crippen LogP contribution in [0.4, 0.5) is 5.69 Å². The van der Waals surface area contributed by atoms with E-state index in [1.54, 1.807) is 11.3 Å². The van der Waals surface area contributed by atoms with Crippen molar-refractivity contribution in [3.63, 3.8) is 0 Å². The number of thiazole rings is 1. The summed E-state index contributed by atoms with van der Waals surface area (Å²) >= 11 is 1.65. The van der Waals surface area contributed by atoms with Gasteiger partial charge in [-0.1, -0.05) is 24.3 Å². The summed E-state index contributed by atoms with van der Waals surface area (Å²) in [6, 6.07) is 16.0. The Kier molecular flexibility index (Phi) is 5.54. The van der Waals surface area contributed by atoms with Gasteiger partial charge in [-0.15, -0.1) is 11.3 Å². The number of rotatable bonds is 4. The molecule has 0 spiro atoms. The number of hydrogen-bond donors (Lipinski definition) is 1. The van der Waals surface area contributed by atoms with Gasteiger partial charge in [0.25, 0.3) is 0 Å². The highest BCUT2D eigenvalue weighted by molar-refractivity contribution is 7.91. The molecule has 0 aliphatic carbocycles. The maximum atomic E-state index is 12.8. The van der Waals surface area contributed by atoms with Crippen molar-refractivity contribution in [3.05, 3.63) is 48.5 Å². The Hall–Kier alpha value is -2.29. The molecule has 1 aromatic heterocycles. The van der Waals surface area contributed by atoms with Crippen molar-refractivity contribution >= 4 is 43.0 Å². The van der Waals surface area contributed by atoms with Crippen molar-refractivity contribution in [3.8, 4) is 10.6 Å². The molecular formula is C23H25N3O3S2. The largest absolute Gasteiger partial charge is 0.326 e. The molecule has 2 aromatic carbocycles. The van der Waals surface area contributed by atoms with Gasteiger partial charge < -0.3 is 5.32 Å². The highest BCUT2D eigenvalue weighted by Gasteiger charge is 2.35. The number of carbonyl (C=O) groups is 1. The number of amides is 1. The molecule has 31 heavy (non-hydrogen) atoms. The Morgan fingerprint density at radius 1 is 1.06 bits per heavy atom. The molecule has 0 radical (unpaired) electrons. The zero-order valence-corrected chi connectivity index (χ0v) is 18.8. The van der Waals surface area contributed by atoms with E-state index in [1.165, 1.54) is 0 Å². The first-order chi connectivity index (χ1) is 15.0. The first-order valence-corrected chi connectivity index (χ1v) is 13.3. The van der Waals surface area contributed by atoms with Gasteiger partial charge in [-0.25, -0.2) is 13.4 Å². The monoisotopic (exact) mass is 455 g/mol. The third kappa shape index (κ3) is 4.51. The quantitative estimate of drug-likeness (QED) is 0.647. The van der Waals surface area contributed by atoms with Gasteiger partial charge in [0.2, 0.25) is 5.91 Å². The normalized spacial score (nSPS) is 22.0. The highest BCUT2D eigenvalue weighted by Crippen LogP contribution is 2.31. The van der Waals surface area contributed by atoms with Gasteiger partial charge in [0, 0.05) is 23.2 Å². The summed E-state index contributed by atoms with van der Waals surface area (Å²) in [5.41, 5.74) is 2.76. The topological polar surface area (TPSA) is 79.4 Å². The van der Waals surface area contributed by atoms with E-state index in [0.29, 0.717) is 5.75 Å². The Balaban J connectivity index is 1.22. The first-order valence-electron chi connectivity index (χ1n) is 10.7. The van der Waals surface area contributed by atoms with Gasteiger partial charge in [-0.05, 0) is 56.6 Å². The van der Waals surface area contributed by atoms with Crippen molar-refractivity contribution in [1.82, 2.24) is 9.88 Å². The van der Waals surface area contributed by atoms with Crippen LogP contribution in [-0.2, 0) is 14.6 Å². The van der Waals surface area contributed by atoms with Crippen molar-refractivity contribution < 1.29 is 13.2 Å². The lowest BCUT2D eigenvalue weighted by molar-refractivity contribution is -0.121. The summed E-state index contributed by atoms with van der Waals surface area (Å²) in [5, 5.41) is 4.02. The molecule has 8 heteroatoms. The lowest BCUT2D eigenvalue weighted by Gasteiger charge is -2.34. The van der Waals surface area contributed by atoms with Crippen LogP contribution in [0.5, 0.6) is 0 Å². The summed E-state index contributed by atoms with van der Waals surface area (Å²) in [6.45, 7) is 1.56. The maximum absolute atomic E-state index is 12.8. The molecule has 2 fully saturated rings. The fourth-order valence-electron chi connectivity index (χ4n) is 4.56. The van der Waals surface area contributed by atoms with Crippen LogP contribution in [0.2, 0.25) is 0 Å². The number of carbonyl (C=O) groups excluding carboxylic acids is 1. The van der Waals surface area contributed by atoms with E-state index in [1.807, 2.05) is 42.5 Å². The van der Waals surface area contributed by atoms with Gasteiger partial charge >= 0.3 is 0 Å². The molecule has 2 saturated heterocycles. The van der Waals surface area contributed by atoms with E-state index in [2.05, 4.69) is 16.3 Å². The summed E-state index contributed by atoms with van der Waals surface area (Å²) in [7, 11) is -2.88. The summed E-state index contributed by atoms with van der Waals surface area (Å²) in [5.74, 6) is 0.561. The number of hydrogen-bond acceptors (Lipinski definition) is 6. The number of para-hydroxylation sites is 1. The lowest BCUT2D eigenvalue weighted by atomic mass is 9.94. The Bertz CT molecular complexity index is 1180. The lowest BCUT2D eigenvalue weighted by Crippen LogP contribution is -2.44. The fourth-order valence-corrected chi connectivity index (χ4v) is 7.28. The van der Waals surface area contributed by atoms with Crippen LogP contribution in [0, 0.1) is 5.92 Å². The van der Waals surface area contributed by atoms with E-state index < -0.39 is 9.84 Å². The van der Waals surface area contributed by atoms with Gasteiger partial charge in [0.1, 0.15) is 5.01 Å². The SMILES string of the molecule is O=C(Nc1cccc(-c2nc3ccccc3s2)c1)C1CCN([C@H]2CCS(=O)(=O)C2)CC1. The standard InChI is InChI=1S/C23H25N3O3S2/c27-22(16-8-11-26(12-9-16)19-10-13-31(28,29)15-19)24-18-5-3-4-17(14-18)23-25-20-6-1-2-7-21(20)30-23/h1-7,14,16,19H,8-13,15H2,(H,24,27)/t19-/m0/s1. The molecule has 2 aliphatic rings. The van der Waals surface area contributed by atoms with Gasteiger partial charge in [0.15, 0.2) is 9.84 Å². The van der Waals surface area contributed by atoms with Crippen LogP contribution in [0.15, 0.2) is 48.5 Å². The number of piperidine rings is 1. The molecule has 1 N–H and O–H groups in total. The zero-order valence-electron chi connectivity index (χ0n) is 17.2. The predicted molar refractivity (Wildman–Crippen MR) is 125 cm³/mol. The Morgan fingerprint density at radius 3 is 2.61 bits per heavy atom. The molecule has 0 bridgehead atoms. The van der Waals surface area contributed by atoms with Crippen molar-refractivity contribution in [2.75, 3.05) is 29.9 Å². The van der Waals surface area contributed by atoms with E-state index in [4.69, 9.17) is 4.98 Å². The number of fused-ring (bicyclic) bond motifs is 1. The summed E-state index contributed by atoms with van der Waals surface area (Å²) in [4.78, 5) is 19.8. The molecule has 2 aliphatic heterocycles. The van der Waals surface area contributed by atoms with Gasteiger partial charge in [-0.3, -0.25) is 9.69 Å². The number of nitrogens with one attached hydrogen (secondary N) is 1. The fraction of sp³-hybridized carbons (Fsp3) is 0.391. The summed E-state index contributed by atoms with van der Waals surface area (Å²) < 4.78 is 24.6. The van der Waals surface area contributed by atoms with Crippen LogP contribution in [0.25, 0.3) is 20.8 Å².